The summed E-state index contributed by atoms with van der Waals surface area (Å²) in [5.41, 5.74) is -1.44. The highest BCUT2D eigenvalue weighted by molar-refractivity contribution is 7.99. The number of rotatable bonds is 5. The van der Waals surface area contributed by atoms with Crippen LogP contribution in [0.4, 0.5) is 0 Å². The van der Waals surface area contributed by atoms with E-state index >= 15 is 0 Å². The zero-order valence-corrected chi connectivity index (χ0v) is 17.3. The number of hydrogen-bond donors (Lipinski definition) is 0. The van der Waals surface area contributed by atoms with Gasteiger partial charge in [0.2, 0.25) is 0 Å². The molecule has 2 aromatic heterocycles. The van der Waals surface area contributed by atoms with Gasteiger partial charge in [0.05, 0.1) is 0 Å². The van der Waals surface area contributed by atoms with E-state index in [9.17, 15) is 14.4 Å². The molecule has 0 bridgehead atoms. The van der Waals surface area contributed by atoms with Crippen molar-refractivity contribution in [2.24, 2.45) is 0 Å². The summed E-state index contributed by atoms with van der Waals surface area (Å²) in [4.78, 5) is 39.4. The van der Waals surface area contributed by atoms with Gasteiger partial charge in [0.1, 0.15) is 11.4 Å². The number of ether oxygens (including phenoxy) is 4. The van der Waals surface area contributed by atoms with Crippen molar-refractivity contribution >= 4 is 35.3 Å². The highest BCUT2D eigenvalue weighted by Gasteiger charge is 2.57. The first-order chi connectivity index (χ1) is 13.7. The Balaban J connectivity index is 1.94. The number of esters is 3. The molecule has 1 aliphatic heterocycles. The summed E-state index contributed by atoms with van der Waals surface area (Å²) in [6.45, 7) is 5.36. The molecule has 0 unspecified atom stereocenters. The number of hydrogen-bond acceptors (Lipinski definition) is 9. The van der Waals surface area contributed by atoms with Crippen molar-refractivity contribution in [2.75, 3.05) is 5.75 Å². The second-order valence-electron chi connectivity index (χ2n) is 6.79. The van der Waals surface area contributed by atoms with Crippen LogP contribution in [0.15, 0.2) is 30.7 Å². The third kappa shape index (κ3) is 4.64. The number of pyridine rings is 1. The highest BCUT2D eigenvalue weighted by Crippen LogP contribution is 2.41. The van der Waals surface area contributed by atoms with Gasteiger partial charge >= 0.3 is 17.9 Å². The van der Waals surface area contributed by atoms with Crippen molar-refractivity contribution in [3.63, 3.8) is 0 Å². The van der Waals surface area contributed by atoms with Crippen molar-refractivity contribution in [3.8, 4) is 5.75 Å². The number of nitrogens with zero attached hydrogens (tertiary/aromatic N) is 2. The van der Waals surface area contributed by atoms with Crippen molar-refractivity contribution in [1.82, 2.24) is 9.38 Å². The van der Waals surface area contributed by atoms with E-state index in [1.807, 2.05) is 4.40 Å². The summed E-state index contributed by atoms with van der Waals surface area (Å²) in [6, 6.07) is 3.50. The second kappa shape index (κ2) is 8.32. The van der Waals surface area contributed by atoms with E-state index in [4.69, 9.17) is 18.9 Å². The number of carbonyl (C=O) groups excluding carboxylic acids is 3. The Morgan fingerprint density at radius 2 is 1.86 bits per heavy atom. The van der Waals surface area contributed by atoms with Crippen LogP contribution in [0, 0.1) is 0 Å². The lowest BCUT2D eigenvalue weighted by Gasteiger charge is -2.46. The summed E-state index contributed by atoms with van der Waals surface area (Å²) >= 11 is 1.30. The average molecular weight is 422 g/mol. The van der Waals surface area contributed by atoms with Crippen molar-refractivity contribution in [2.45, 2.75) is 50.9 Å². The van der Waals surface area contributed by atoms with Crippen LogP contribution in [0.3, 0.4) is 0 Å². The molecule has 10 heteroatoms. The van der Waals surface area contributed by atoms with Gasteiger partial charge in [-0.1, -0.05) is 0 Å². The molecule has 1 aliphatic rings. The average Bonchev–Trinajstić information content (AvgIpc) is 3.07. The van der Waals surface area contributed by atoms with E-state index in [-0.39, 0.29) is 0 Å². The molecular weight excluding hydrogens is 400 g/mol. The number of fused-ring (bicyclic) bond motifs is 1. The Kier molecular flexibility index (Phi) is 6.02. The Morgan fingerprint density at radius 3 is 2.52 bits per heavy atom. The molecule has 0 aromatic carbocycles. The standard InChI is InChI=1S/C19H22N2O7S/c1-11(22)25-15-10-29-18(19(4,28-13(3)24)17(15)26-12(2)23)27-14-5-7-21-8-6-20-16(21)9-14/h5-9,15,17-18H,10H2,1-4H3/t15-,17+,18-,19-/m1/s1. The van der Waals surface area contributed by atoms with Crippen LogP contribution in [-0.2, 0) is 28.6 Å². The molecule has 1 saturated heterocycles. The maximum Gasteiger partial charge on any atom is 0.303 e. The summed E-state index contributed by atoms with van der Waals surface area (Å²) in [6.07, 6.45) is 3.43. The van der Waals surface area contributed by atoms with Crippen LogP contribution in [0.25, 0.3) is 5.65 Å². The minimum Gasteiger partial charge on any atom is -0.475 e. The van der Waals surface area contributed by atoms with Gasteiger partial charge in [-0.3, -0.25) is 14.4 Å². The van der Waals surface area contributed by atoms with Gasteiger partial charge in [0.15, 0.2) is 23.2 Å². The number of imidazole rings is 1. The summed E-state index contributed by atoms with van der Waals surface area (Å²) < 4.78 is 24.3. The van der Waals surface area contributed by atoms with E-state index in [2.05, 4.69) is 4.98 Å². The summed E-state index contributed by atoms with van der Waals surface area (Å²) in [5.74, 6) is -0.889. The predicted octanol–water partition coefficient (Wildman–Crippen LogP) is 1.97. The Bertz CT molecular complexity index is 930. The number of carbonyl (C=O) groups is 3. The Labute approximate surface area is 171 Å². The third-order valence-corrected chi connectivity index (χ3v) is 5.76. The molecule has 29 heavy (non-hydrogen) atoms. The first-order valence-corrected chi connectivity index (χ1v) is 9.99. The normalized spacial score (nSPS) is 26.6. The van der Waals surface area contributed by atoms with E-state index < -0.39 is 41.2 Å². The number of thioether (sulfide) groups is 1. The zero-order valence-electron chi connectivity index (χ0n) is 16.5. The lowest BCUT2D eigenvalue weighted by atomic mass is 9.94. The van der Waals surface area contributed by atoms with Gasteiger partial charge < -0.3 is 23.3 Å². The summed E-state index contributed by atoms with van der Waals surface area (Å²) in [7, 11) is 0. The molecule has 0 spiro atoms. The molecule has 3 heterocycles. The fourth-order valence-electron chi connectivity index (χ4n) is 3.27. The molecule has 0 N–H and O–H groups in total. The SMILES string of the molecule is CC(=O)O[C@@H]1CS[C@@H](Oc2ccn3ccnc3c2)[C@](C)(OC(C)=O)[C@H]1OC(C)=O. The molecule has 0 amide bonds. The Hall–Kier alpha value is -2.75. The second-order valence-corrected chi connectivity index (χ2v) is 7.89. The third-order valence-electron chi connectivity index (χ3n) is 4.37. The molecule has 0 aliphatic carbocycles. The molecule has 0 radical (unpaired) electrons. The largest absolute Gasteiger partial charge is 0.475 e. The molecule has 2 aromatic rings. The molecule has 1 fully saturated rings. The molecular formula is C19H22N2O7S. The molecule has 4 atom stereocenters. The highest BCUT2D eigenvalue weighted by atomic mass is 32.2. The lowest BCUT2D eigenvalue weighted by Crippen LogP contribution is -2.63. The van der Waals surface area contributed by atoms with Crippen LogP contribution in [-0.4, -0.2) is 56.3 Å². The van der Waals surface area contributed by atoms with Crippen LogP contribution in [0.2, 0.25) is 0 Å². The van der Waals surface area contributed by atoms with Crippen LogP contribution >= 0.6 is 11.8 Å². The first-order valence-electron chi connectivity index (χ1n) is 8.94. The summed E-state index contributed by atoms with van der Waals surface area (Å²) in [5, 5.41) is 0. The van der Waals surface area contributed by atoms with Gasteiger partial charge in [-0.25, -0.2) is 4.98 Å². The van der Waals surface area contributed by atoms with Gasteiger partial charge in [-0.15, -0.1) is 11.8 Å². The Morgan fingerprint density at radius 1 is 1.14 bits per heavy atom. The van der Waals surface area contributed by atoms with Gasteiger partial charge in [-0.05, 0) is 13.0 Å². The first kappa shape index (κ1) is 21.0. The topological polar surface area (TPSA) is 105 Å². The van der Waals surface area contributed by atoms with E-state index in [0.29, 0.717) is 17.1 Å². The number of aromatic nitrogens is 2. The fourth-order valence-corrected chi connectivity index (χ4v) is 4.57. The molecule has 9 nitrogen and oxygen atoms in total. The zero-order chi connectivity index (χ0) is 21.2. The van der Waals surface area contributed by atoms with E-state index in [1.165, 1.54) is 32.5 Å². The minimum atomic E-state index is -1.40. The van der Waals surface area contributed by atoms with Gasteiger partial charge in [0, 0.05) is 51.2 Å². The maximum atomic E-state index is 11.9. The quantitative estimate of drug-likeness (QED) is 0.528. The van der Waals surface area contributed by atoms with Crippen molar-refractivity contribution < 1.29 is 33.3 Å². The lowest BCUT2D eigenvalue weighted by molar-refractivity contribution is -0.208. The maximum absolute atomic E-state index is 11.9. The van der Waals surface area contributed by atoms with Crippen LogP contribution < -0.4 is 4.74 Å². The monoisotopic (exact) mass is 422 g/mol. The van der Waals surface area contributed by atoms with Crippen LogP contribution in [0.5, 0.6) is 5.75 Å². The van der Waals surface area contributed by atoms with Gasteiger partial charge in [0.25, 0.3) is 0 Å². The van der Waals surface area contributed by atoms with E-state index in [0.717, 1.165) is 0 Å². The fraction of sp³-hybridized carbons (Fsp3) is 0.474. The van der Waals surface area contributed by atoms with Gasteiger partial charge in [-0.2, -0.15) is 0 Å². The smallest absolute Gasteiger partial charge is 0.303 e. The predicted molar refractivity (Wildman–Crippen MR) is 103 cm³/mol. The van der Waals surface area contributed by atoms with Crippen LogP contribution in [0.1, 0.15) is 27.7 Å². The van der Waals surface area contributed by atoms with E-state index in [1.54, 1.807) is 37.6 Å². The minimum absolute atomic E-state index is 0.296. The van der Waals surface area contributed by atoms with Crippen molar-refractivity contribution in [1.29, 1.82) is 0 Å². The van der Waals surface area contributed by atoms with Crippen molar-refractivity contribution in [3.05, 3.63) is 30.7 Å². The molecule has 3 rings (SSSR count). The molecule has 156 valence electrons. The molecule has 0 saturated carbocycles.